The quantitative estimate of drug-likeness (QED) is 0.835. The summed E-state index contributed by atoms with van der Waals surface area (Å²) in [6, 6.07) is 4.67. The monoisotopic (exact) mass is 398 g/mol. The lowest BCUT2D eigenvalue weighted by Crippen LogP contribution is -2.31. The summed E-state index contributed by atoms with van der Waals surface area (Å²) >= 11 is 1.31. The second-order valence-electron chi connectivity index (χ2n) is 6.39. The average Bonchev–Trinajstić information content (AvgIpc) is 3.25. The van der Waals surface area contributed by atoms with Crippen molar-refractivity contribution < 1.29 is 17.6 Å². The summed E-state index contributed by atoms with van der Waals surface area (Å²) in [7, 11) is -3.74. The molecule has 0 aliphatic carbocycles. The molecule has 1 saturated heterocycles. The van der Waals surface area contributed by atoms with E-state index in [-0.39, 0.29) is 29.8 Å². The molecule has 0 saturated carbocycles. The van der Waals surface area contributed by atoms with Gasteiger partial charge in [-0.1, -0.05) is 25.2 Å². The predicted octanol–water partition coefficient (Wildman–Crippen LogP) is 2.45. The minimum Gasteiger partial charge on any atom is -0.300 e. The normalized spacial score (nSPS) is 18.4. The second-order valence-corrected chi connectivity index (χ2v) is 9.34. The third-order valence-electron chi connectivity index (χ3n) is 4.14. The van der Waals surface area contributed by atoms with Crippen molar-refractivity contribution in [3.05, 3.63) is 35.1 Å². The van der Waals surface area contributed by atoms with E-state index in [0.29, 0.717) is 11.6 Å². The Morgan fingerprint density at radius 3 is 2.62 bits per heavy atom. The van der Waals surface area contributed by atoms with Crippen molar-refractivity contribution in [1.82, 2.24) is 14.5 Å². The maximum atomic E-state index is 13.0. The van der Waals surface area contributed by atoms with Gasteiger partial charge in [0.05, 0.1) is 10.8 Å². The lowest BCUT2D eigenvalue weighted by atomic mass is 10.1. The number of aromatic nitrogens is 2. The molecule has 1 aromatic carbocycles. The topological polar surface area (TPSA) is 92.3 Å². The molecule has 1 N–H and O–H groups in total. The van der Waals surface area contributed by atoms with Crippen LogP contribution in [0.1, 0.15) is 31.2 Å². The fourth-order valence-corrected chi connectivity index (χ4v) is 4.89. The molecule has 140 valence electrons. The first-order valence-corrected chi connectivity index (χ1v) is 10.4. The highest BCUT2D eigenvalue weighted by atomic mass is 32.2. The van der Waals surface area contributed by atoms with Crippen LogP contribution in [-0.2, 0) is 14.8 Å². The van der Waals surface area contributed by atoms with Crippen LogP contribution in [0.4, 0.5) is 9.52 Å². The van der Waals surface area contributed by atoms with Gasteiger partial charge in [-0.05, 0) is 30.7 Å². The summed E-state index contributed by atoms with van der Waals surface area (Å²) < 4.78 is 39.5. The van der Waals surface area contributed by atoms with Gasteiger partial charge in [0, 0.05) is 19.0 Å². The van der Waals surface area contributed by atoms with Gasteiger partial charge < -0.3 is 5.32 Å². The van der Waals surface area contributed by atoms with Crippen molar-refractivity contribution in [2.75, 3.05) is 18.4 Å². The van der Waals surface area contributed by atoms with Gasteiger partial charge in [-0.25, -0.2) is 12.8 Å². The fourth-order valence-electron chi connectivity index (χ4n) is 2.64. The van der Waals surface area contributed by atoms with Gasteiger partial charge in [-0.3, -0.25) is 4.79 Å². The van der Waals surface area contributed by atoms with Crippen molar-refractivity contribution in [2.45, 2.75) is 31.1 Å². The maximum Gasteiger partial charge on any atom is 0.243 e. The zero-order chi connectivity index (χ0) is 18.9. The molecule has 1 unspecified atom stereocenters. The number of amides is 1. The van der Waals surface area contributed by atoms with Crippen molar-refractivity contribution in [3.8, 4) is 0 Å². The zero-order valence-electron chi connectivity index (χ0n) is 14.3. The van der Waals surface area contributed by atoms with Crippen LogP contribution in [-0.4, -0.2) is 41.9 Å². The molecule has 1 aromatic heterocycles. The van der Waals surface area contributed by atoms with E-state index in [4.69, 9.17) is 0 Å². The largest absolute Gasteiger partial charge is 0.300 e. The molecule has 1 atom stereocenters. The maximum absolute atomic E-state index is 13.0. The third-order valence-corrected chi connectivity index (χ3v) is 7.16. The molecule has 2 aromatic rings. The van der Waals surface area contributed by atoms with Crippen molar-refractivity contribution in [3.63, 3.8) is 0 Å². The molecule has 1 fully saturated rings. The number of sulfonamides is 1. The number of anilines is 1. The third kappa shape index (κ3) is 3.92. The standard InChI is InChI=1S/C16H19FN4O3S2/c1-10(2)15-19-20-16(25-15)18-14(22)11-7-8-21(9-11)26(23,24)13-5-3-12(17)4-6-13/h3-6,10-11H,7-9H2,1-2H3,(H,18,20,22). The van der Waals surface area contributed by atoms with Crippen LogP contribution in [0.15, 0.2) is 29.2 Å². The van der Waals surface area contributed by atoms with Crippen molar-refractivity contribution in [1.29, 1.82) is 0 Å². The van der Waals surface area contributed by atoms with Crippen LogP contribution in [0.2, 0.25) is 0 Å². The molecule has 1 aliphatic rings. The Kier molecular flexibility index (Phi) is 5.35. The van der Waals surface area contributed by atoms with E-state index in [0.717, 1.165) is 17.1 Å². The number of nitrogens with one attached hydrogen (secondary N) is 1. The Hall–Kier alpha value is -1.91. The molecule has 10 heteroatoms. The van der Waals surface area contributed by atoms with Crippen LogP contribution in [0.5, 0.6) is 0 Å². The number of hydrogen-bond acceptors (Lipinski definition) is 6. The molecule has 1 amide bonds. The second kappa shape index (κ2) is 7.37. The van der Waals surface area contributed by atoms with E-state index < -0.39 is 21.8 Å². The number of hydrogen-bond donors (Lipinski definition) is 1. The summed E-state index contributed by atoms with van der Waals surface area (Å²) in [6.07, 6.45) is 0.419. The minimum atomic E-state index is -3.74. The van der Waals surface area contributed by atoms with E-state index in [1.807, 2.05) is 13.8 Å². The molecule has 0 spiro atoms. The number of carbonyl (C=O) groups excluding carboxylic acids is 1. The summed E-state index contributed by atoms with van der Waals surface area (Å²) in [5, 5.41) is 11.9. The predicted molar refractivity (Wildman–Crippen MR) is 95.9 cm³/mol. The molecule has 0 radical (unpaired) electrons. The molecule has 26 heavy (non-hydrogen) atoms. The Bertz CT molecular complexity index is 896. The average molecular weight is 398 g/mol. The zero-order valence-corrected chi connectivity index (χ0v) is 16.0. The van der Waals surface area contributed by atoms with Gasteiger partial charge in [0.15, 0.2) is 0 Å². The van der Waals surface area contributed by atoms with Crippen LogP contribution in [0.25, 0.3) is 0 Å². The fraction of sp³-hybridized carbons (Fsp3) is 0.438. The van der Waals surface area contributed by atoms with Gasteiger partial charge in [-0.2, -0.15) is 4.31 Å². The Labute approximate surface area is 155 Å². The highest BCUT2D eigenvalue weighted by Crippen LogP contribution is 2.27. The smallest absolute Gasteiger partial charge is 0.243 e. The first kappa shape index (κ1) is 18.9. The van der Waals surface area contributed by atoms with Crippen LogP contribution in [0.3, 0.4) is 0 Å². The van der Waals surface area contributed by atoms with Gasteiger partial charge in [0.2, 0.25) is 21.1 Å². The first-order chi connectivity index (χ1) is 12.3. The van der Waals surface area contributed by atoms with Crippen LogP contribution >= 0.6 is 11.3 Å². The molecule has 0 bridgehead atoms. The SMILES string of the molecule is CC(C)c1nnc(NC(=O)C2CCN(S(=O)(=O)c3ccc(F)cc3)C2)s1. The highest BCUT2D eigenvalue weighted by Gasteiger charge is 2.36. The summed E-state index contributed by atoms with van der Waals surface area (Å²) in [5.74, 6) is -1.01. The highest BCUT2D eigenvalue weighted by molar-refractivity contribution is 7.89. The number of benzene rings is 1. The van der Waals surface area contributed by atoms with Gasteiger partial charge in [0.1, 0.15) is 10.8 Å². The van der Waals surface area contributed by atoms with Crippen LogP contribution in [0, 0.1) is 11.7 Å². The van der Waals surface area contributed by atoms with Gasteiger partial charge in [0.25, 0.3) is 0 Å². The molecule has 3 rings (SSSR count). The molecule has 1 aliphatic heterocycles. The van der Waals surface area contributed by atoms with E-state index in [1.54, 1.807) is 0 Å². The molecule has 7 nitrogen and oxygen atoms in total. The Morgan fingerprint density at radius 1 is 1.31 bits per heavy atom. The lowest BCUT2D eigenvalue weighted by molar-refractivity contribution is -0.119. The Balaban J connectivity index is 1.65. The molecular weight excluding hydrogens is 379 g/mol. The van der Waals surface area contributed by atoms with E-state index in [1.165, 1.54) is 27.8 Å². The molecular formula is C16H19FN4O3S2. The molecule has 2 heterocycles. The van der Waals surface area contributed by atoms with Crippen molar-refractivity contribution in [2.24, 2.45) is 5.92 Å². The van der Waals surface area contributed by atoms with Crippen LogP contribution < -0.4 is 5.32 Å². The summed E-state index contributed by atoms with van der Waals surface area (Å²) in [5.41, 5.74) is 0. The van der Waals surface area contributed by atoms with E-state index in [2.05, 4.69) is 15.5 Å². The first-order valence-electron chi connectivity index (χ1n) is 8.17. The van der Waals surface area contributed by atoms with Gasteiger partial charge in [-0.15, -0.1) is 10.2 Å². The number of halogens is 1. The van der Waals surface area contributed by atoms with E-state index in [9.17, 15) is 17.6 Å². The number of rotatable bonds is 5. The lowest BCUT2D eigenvalue weighted by Gasteiger charge is -2.16. The number of carbonyl (C=O) groups is 1. The summed E-state index contributed by atoms with van der Waals surface area (Å²) in [6.45, 7) is 4.30. The number of nitrogens with zero attached hydrogens (tertiary/aromatic N) is 3. The van der Waals surface area contributed by atoms with Crippen molar-refractivity contribution >= 4 is 32.4 Å². The van der Waals surface area contributed by atoms with Gasteiger partial charge >= 0.3 is 0 Å². The minimum absolute atomic E-state index is 0.0191. The summed E-state index contributed by atoms with van der Waals surface area (Å²) in [4.78, 5) is 12.4. The van der Waals surface area contributed by atoms with E-state index >= 15 is 0 Å². The Morgan fingerprint density at radius 2 is 2.00 bits per heavy atom.